The Hall–Kier alpha value is -1.66. The predicted molar refractivity (Wildman–Crippen MR) is 74.2 cm³/mol. The summed E-state index contributed by atoms with van der Waals surface area (Å²) >= 11 is 0. The Morgan fingerprint density at radius 2 is 1.63 bits per heavy atom. The van der Waals surface area contributed by atoms with E-state index in [2.05, 4.69) is 5.32 Å². The number of hydrogen-bond donors (Lipinski definition) is 2. The number of methoxy groups -OCH3 is 3. The molecular weight excluding hydrogens is 272 g/mol. The highest BCUT2D eigenvalue weighted by Gasteiger charge is 2.12. The molecule has 1 aromatic carbocycles. The third-order valence-electron chi connectivity index (χ3n) is 2.45. The molecule has 0 saturated carbocycles. The second-order valence-corrected chi connectivity index (χ2v) is 3.50. The van der Waals surface area contributed by atoms with Crippen LogP contribution in [0.4, 0.5) is 0 Å². The molecule has 1 amide bonds. The van der Waals surface area contributed by atoms with Gasteiger partial charge in [0.15, 0.2) is 11.5 Å². The van der Waals surface area contributed by atoms with Gasteiger partial charge in [0.25, 0.3) is 0 Å². The molecule has 6 nitrogen and oxygen atoms in total. The molecule has 0 saturated heterocycles. The van der Waals surface area contributed by atoms with E-state index in [0.717, 1.165) is 5.56 Å². The normalized spacial score (nSPS) is 9.26. The van der Waals surface area contributed by atoms with Crippen molar-refractivity contribution in [3.05, 3.63) is 17.7 Å². The molecular formula is C12H19ClN2O4. The van der Waals surface area contributed by atoms with Crippen LogP contribution in [0, 0.1) is 0 Å². The maximum atomic E-state index is 11.1. The number of halogens is 1. The first kappa shape index (κ1) is 17.3. The number of ether oxygens (including phenoxy) is 3. The summed E-state index contributed by atoms with van der Waals surface area (Å²) in [5.74, 6) is 1.54. The van der Waals surface area contributed by atoms with E-state index < -0.39 is 0 Å². The molecule has 0 fully saturated rings. The van der Waals surface area contributed by atoms with E-state index in [1.165, 1.54) is 0 Å². The number of nitrogens with two attached hydrogens (primary N) is 1. The quantitative estimate of drug-likeness (QED) is 0.806. The largest absolute Gasteiger partial charge is 0.496 e. The van der Waals surface area contributed by atoms with Gasteiger partial charge < -0.3 is 25.3 Å². The third kappa shape index (κ3) is 4.50. The first-order chi connectivity index (χ1) is 8.65. The van der Waals surface area contributed by atoms with Crippen molar-refractivity contribution >= 4 is 18.3 Å². The van der Waals surface area contributed by atoms with Gasteiger partial charge in [-0.2, -0.15) is 0 Å². The van der Waals surface area contributed by atoms with Gasteiger partial charge in [0.2, 0.25) is 5.91 Å². The maximum Gasteiger partial charge on any atom is 0.234 e. The number of rotatable bonds is 6. The van der Waals surface area contributed by atoms with Crippen LogP contribution in [-0.2, 0) is 11.3 Å². The lowest BCUT2D eigenvalue weighted by molar-refractivity contribution is -0.119. The Labute approximate surface area is 118 Å². The summed E-state index contributed by atoms with van der Waals surface area (Å²) in [6.07, 6.45) is 0. The summed E-state index contributed by atoms with van der Waals surface area (Å²) in [4.78, 5) is 11.1. The molecule has 7 heteroatoms. The number of benzene rings is 1. The van der Waals surface area contributed by atoms with Crippen LogP contribution in [0.5, 0.6) is 17.2 Å². The molecule has 0 spiro atoms. The van der Waals surface area contributed by atoms with E-state index in [4.69, 9.17) is 19.9 Å². The number of amides is 1. The van der Waals surface area contributed by atoms with Crippen molar-refractivity contribution in [1.29, 1.82) is 0 Å². The molecule has 19 heavy (non-hydrogen) atoms. The first-order valence-corrected chi connectivity index (χ1v) is 5.41. The van der Waals surface area contributed by atoms with Crippen molar-refractivity contribution in [2.24, 2.45) is 5.73 Å². The van der Waals surface area contributed by atoms with Gasteiger partial charge >= 0.3 is 0 Å². The fourth-order valence-electron chi connectivity index (χ4n) is 1.50. The highest BCUT2D eigenvalue weighted by Crippen LogP contribution is 2.34. The molecule has 0 atom stereocenters. The van der Waals surface area contributed by atoms with Crippen molar-refractivity contribution in [2.75, 3.05) is 27.9 Å². The SMILES string of the molecule is COc1cc(OC)c(OC)cc1CNC(=O)CN.Cl. The Bertz CT molecular complexity index is 426. The Morgan fingerprint density at radius 1 is 1.11 bits per heavy atom. The molecule has 0 heterocycles. The van der Waals surface area contributed by atoms with E-state index in [0.29, 0.717) is 23.8 Å². The zero-order valence-electron chi connectivity index (χ0n) is 11.2. The molecule has 0 aliphatic carbocycles. The van der Waals surface area contributed by atoms with Crippen LogP contribution < -0.4 is 25.3 Å². The second kappa shape index (κ2) is 8.44. The van der Waals surface area contributed by atoms with Crippen LogP contribution in [0.3, 0.4) is 0 Å². The van der Waals surface area contributed by atoms with Crippen molar-refractivity contribution in [1.82, 2.24) is 5.32 Å². The van der Waals surface area contributed by atoms with Crippen molar-refractivity contribution in [2.45, 2.75) is 6.54 Å². The first-order valence-electron chi connectivity index (χ1n) is 5.41. The molecule has 0 bridgehead atoms. The van der Waals surface area contributed by atoms with Crippen LogP contribution in [0.1, 0.15) is 5.56 Å². The average Bonchev–Trinajstić information content (AvgIpc) is 2.43. The Morgan fingerprint density at radius 3 is 2.11 bits per heavy atom. The maximum absolute atomic E-state index is 11.1. The summed E-state index contributed by atoms with van der Waals surface area (Å²) in [5.41, 5.74) is 6.01. The topological polar surface area (TPSA) is 82.8 Å². The second-order valence-electron chi connectivity index (χ2n) is 3.50. The van der Waals surface area contributed by atoms with E-state index in [9.17, 15) is 4.79 Å². The third-order valence-corrected chi connectivity index (χ3v) is 2.45. The molecule has 108 valence electrons. The molecule has 0 aromatic heterocycles. The van der Waals surface area contributed by atoms with Gasteiger partial charge in [0, 0.05) is 18.2 Å². The van der Waals surface area contributed by atoms with Crippen LogP contribution >= 0.6 is 12.4 Å². The lowest BCUT2D eigenvalue weighted by Gasteiger charge is -2.14. The number of nitrogens with one attached hydrogen (secondary N) is 1. The summed E-state index contributed by atoms with van der Waals surface area (Å²) < 4.78 is 15.6. The molecule has 0 unspecified atom stereocenters. The van der Waals surface area contributed by atoms with Crippen LogP contribution in [0.2, 0.25) is 0 Å². The van der Waals surface area contributed by atoms with Crippen molar-refractivity contribution < 1.29 is 19.0 Å². The van der Waals surface area contributed by atoms with Gasteiger partial charge in [-0.15, -0.1) is 12.4 Å². The van der Waals surface area contributed by atoms with Crippen LogP contribution in [0.15, 0.2) is 12.1 Å². The lowest BCUT2D eigenvalue weighted by Crippen LogP contribution is -2.29. The predicted octanol–water partition coefficient (Wildman–Crippen LogP) is 0.709. The Kier molecular flexibility index (Phi) is 7.71. The monoisotopic (exact) mass is 290 g/mol. The fraction of sp³-hybridized carbons (Fsp3) is 0.417. The summed E-state index contributed by atoms with van der Waals surface area (Å²) in [6, 6.07) is 3.47. The average molecular weight is 291 g/mol. The lowest BCUT2D eigenvalue weighted by atomic mass is 10.1. The van der Waals surface area contributed by atoms with Crippen LogP contribution in [-0.4, -0.2) is 33.8 Å². The summed E-state index contributed by atoms with van der Waals surface area (Å²) in [7, 11) is 4.65. The van der Waals surface area contributed by atoms with Crippen molar-refractivity contribution in [3.63, 3.8) is 0 Å². The molecule has 0 aliphatic rings. The molecule has 0 radical (unpaired) electrons. The van der Waals surface area contributed by atoms with E-state index >= 15 is 0 Å². The van der Waals surface area contributed by atoms with Gasteiger partial charge in [-0.1, -0.05) is 0 Å². The minimum absolute atomic E-state index is 0. The van der Waals surface area contributed by atoms with E-state index in [1.807, 2.05) is 0 Å². The molecule has 0 aliphatic heterocycles. The fourth-order valence-corrected chi connectivity index (χ4v) is 1.50. The van der Waals surface area contributed by atoms with Gasteiger partial charge in [-0.05, 0) is 6.07 Å². The smallest absolute Gasteiger partial charge is 0.234 e. The zero-order valence-corrected chi connectivity index (χ0v) is 12.0. The van der Waals surface area contributed by atoms with Crippen LogP contribution in [0.25, 0.3) is 0 Å². The minimum Gasteiger partial charge on any atom is -0.496 e. The van der Waals surface area contributed by atoms with Gasteiger partial charge in [-0.25, -0.2) is 0 Å². The Balaban J connectivity index is 0.00000324. The highest BCUT2D eigenvalue weighted by molar-refractivity contribution is 5.85. The summed E-state index contributed by atoms with van der Waals surface area (Å²) in [5, 5.41) is 2.67. The van der Waals surface area contributed by atoms with E-state index in [1.54, 1.807) is 33.5 Å². The number of carbonyl (C=O) groups is 1. The highest BCUT2D eigenvalue weighted by atomic mass is 35.5. The molecule has 3 N–H and O–H groups in total. The minimum atomic E-state index is -0.230. The number of hydrogen-bond acceptors (Lipinski definition) is 5. The van der Waals surface area contributed by atoms with Gasteiger partial charge in [0.1, 0.15) is 5.75 Å². The standard InChI is InChI=1S/C12H18N2O4.ClH/c1-16-9-5-11(18-3)10(17-2)4-8(9)7-14-12(15)6-13;/h4-5H,6-7,13H2,1-3H3,(H,14,15);1H. The molecule has 1 rings (SSSR count). The van der Waals surface area contributed by atoms with Gasteiger partial charge in [-0.3, -0.25) is 4.79 Å². The van der Waals surface area contributed by atoms with Gasteiger partial charge in [0.05, 0.1) is 27.9 Å². The molecule has 1 aromatic rings. The summed E-state index contributed by atoms with van der Waals surface area (Å²) in [6.45, 7) is 0.273. The van der Waals surface area contributed by atoms with E-state index in [-0.39, 0.29) is 24.9 Å². The number of carbonyl (C=O) groups excluding carboxylic acids is 1. The van der Waals surface area contributed by atoms with Crippen molar-refractivity contribution in [3.8, 4) is 17.2 Å². The zero-order chi connectivity index (χ0) is 13.5.